The minimum absolute atomic E-state index is 0.512. The molecule has 4 heteroatoms. The zero-order valence-electron chi connectivity index (χ0n) is 10.9. The van der Waals surface area contributed by atoms with E-state index in [0.717, 1.165) is 5.56 Å². The summed E-state index contributed by atoms with van der Waals surface area (Å²) >= 11 is 0. The minimum Gasteiger partial charge on any atom is -0.454 e. The van der Waals surface area contributed by atoms with Gasteiger partial charge in [0, 0.05) is 11.8 Å². The SMILES string of the molecule is N#Cc1ccc(-c2ccc(-c3ccc(C#N)cn3)o2)cc1. The molecule has 0 amide bonds. The summed E-state index contributed by atoms with van der Waals surface area (Å²) in [4.78, 5) is 4.19. The van der Waals surface area contributed by atoms with Gasteiger partial charge < -0.3 is 4.42 Å². The molecule has 0 saturated heterocycles. The number of rotatable bonds is 2. The number of benzene rings is 1. The maximum Gasteiger partial charge on any atom is 0.153 e. The molecule has 21 heavy (non-hydrogen) atoms. The van der Waals surface area contributed by atoms with E-state index in [-0.39, 0.29) is 0 Å². The van der Waals surface area contributed by atoms with Crippen LogP contribution >= 0.6 is 0 Å². The predicted octanol–water partition coefficient (Wildman–Crippen LogP) is 3.75. The van der Waals surface area contributed by atoms with Gasteiger partial charge in [-0.1, -0.05) is 0 Å². The van der Waals surface area contributed by atoms with Crippen molar-refractivity contribution in [1.29, 1.82) is 10.5 Å². The molecule has 98 valence electrons. The molecule has 0 saturated carbocycles. The Bertz CT molecular complexity index is 775. The summed E-state index contributed by atoms with van der Waals surface area (Å²) in [6, 6.07) is 18.4. The quantitative estimate of drug-likeness (QED) is 0.711. The number of hydrogen-bond donors (Lipinski definition) is 0. The summed E-state index contributed by atoms with van der Waals surface area (Å²) in [5.41, 5.74) is 2.69. The van der Waals surface area contributed by atoms with Gasteiger partial charge in [-0.15, -0.1) is 0 Å². The summed E-state index contributed by atoms with van der Waals surface area (Å²) in [6.45, 7) is 0. The molecule has 3 rings (SSSR count). The molecule has 2 heterocycles. The topological polar surface area (TPSA) is 73.6 Å². The second kappa shape index (κ2) is 5.32. The van der Waals surface area contributed by atoms with Crippen molar-refractivity contribution >= 4 is 0 Å². The summed E-state index contributed by atoms with van der Waals surface area (Å²) < 4.78 is 5.77. The molecular weight excluding hydrogens is 262 g/mol. The Labute approximate surface area is 121 Å². The largest absolute Gasteiger partial charge is 0.454 e. The van der Waals surface area contributed by atoms with Crippen molar-refractivity contribution in [2.75, 3.05) is 0 Å². The molecule has 0 bridgehead atoms. The van der Waals surface area contributed by atoms with Gasteiger partial charge in [0.1, 0.15) is 17.5 Å². The van der Waals surface area contributed by atoms with Crippen molar-refractivity contribution in [3.05, 3.63) is 65.9 Å². The van der Waals surface area contributed by atoms with E-state index in [1.165, 1.54) is 6.20 Å². The van der Waals surface area contributed by atoms with Gasteiger partial charge in [0.05, 0.1) is 17.2 Å². The third-order valence-corrected chi connectivity index (χ3v) is 3.05. The Hall–Kier alpha value is -3.37. The molecule has 0 spiro atoms. The van der Waals surface area contributed by atoms with E-state index in [0.29, 0.717) is 28.3 Å². The van der Waals surface area contributed by atoms with Crippen molar-refractivity contribution in [2.45, 2.75) is 0 Å². The molecule has 1 aromatic carbocycles. The van der Waals surface area contributed by atoms with Gasteiger partial charge in [-0.05, 0) is 48.5 Å². The molecular formula is C17H9N3O. The number of aromatic nitrogens is 1. The first-order chi connectivity index (χ1) is 10.3. The predicted molar refractivity (Wildman–Crippen MR) is 76.8 cm³/mol. The molecule has 0 unspecified atom stereocenters. The second-order valence-corrected chi connectivity index (χ2v) is 4.40. The number of nitriles is 2. The Kier molecular flexibility index (Phi) is 3.21. The summed E-state index contributed by atoms with van der Waals surface area (Å²) in [6.07, 6.45) is 1.51. The summed E-state index contributed by atoms with van der Waals surface area (Å²) in [5, 5.41) is 17.5. The van der Waals surface area contributed by atoms with Crippen LogP contribution < -0.4 is 0 Å². The lowest BCUT2D eigenvalue weighted by molar-refractivity contribution is 0.595. The Morgan fingerprint density at radius 3 is 2.05 bits per heavy atom. The van der Waals surface area contributed by atoms with E-state index in [1.54, 1.807) is 24.3 Å². The number of hydrogen-bond acceptors (Lipinski definition) is 4. The van der Waals surface area contributed by atoms with Gasteiger partial charge in [-0.3, -0.25) is 4.98 Å². The summed E-state index contributed by atoms with van der Waals surface area (Å²) in [7, 11) is 0. The van der Waals surface area contributed by atoms with Crippen LogP contribution in [0.2, 0.25) is 0 Å². The first-order valence-electron chi connectivity index (χ1n) is 6.27. The van der Waals surface area contributed by atoms with Crippen LogP contribution in [0.5, 0.6) is 0 Å². The van der Waals surface area contributed by atoms with E-state index in [9.17, 15) is 0 Å². The van der Waals surface area contributed by atoms with Crippen LogP contribution in [0.15, 0.2) is 59.1 Å². The van der Waals surface area contributed by atoms with Crippen LogP contribution in [0.3, 0.4) is 0 Å². The van der Waals surface area contributed by atoms with E-state index in [2.05, 4.69) is 11.1 Å². The molecule has 0 aliphatic heterocycles. The zero-order chi connectivity index (χ0) is 14.7. The summed E-state index contributed by atoms with van der Waals surface area (Å²) in [5.74, 6) is 1.35. The van der Waals surface area contributed by atoms with Gasteiger partial charge >= 0.3 is 0 Å². The Morgan fingerprint density at radius 2 is 1.43 bits per heavy atom. The lowest BCUT2D eigenvalue weighted by Gasteiger charge is -1.98. The highest BCUT2D eigenvalue weighted by Gasteiger charge is 2.08. The van der Waals surface area contributed by atoms with Gasteiger partial charge in [0.25, 0.3) is 0 Å². The molecule has 0 N–H and O–H groups in total. The van der Waals surface area contributed by atoms with E-state index < -0.39 is 0 Å². The van der Waals surface area contributed by atoms with E-state index in [1.807, 2.05) is 30.3 Å². The van der Waals surface area contributed by atoms with E-state index in [4.69, 9.17) is 14.9 Å². The number of furan rings is 1. The zero-order valence-corrected chi connectivity index (χ0v) is 10.9. The average Bonchev–Trinajstić information content (AvgIpc) is 3.05. The highest BCUT2D eigenvalue weighted by Crippen LogP contribution is 2.27. The van der Waals surface area contributed by atoms with E-state index >= 15 is 0 Å². The smallest absolute Gasteiger partial charge is 0.153 e. The highest BCUT2D eigenvalue weighted by molar-refractivity contribution is 5.63. The molecule has 0 aliphatic carbocycles. The fraction of sp³-hybridized carbons (Fsp3) is 0. The molecule has 2 aromatic heterocycles. The number of nitrogens with zero attached hydrogens (tertiary/aromatic N) is 3. The third-order valence-electron chi connectivity index (χ3n) is 3.05. The second-order valence-electron chi connectivity index (χ2n) is 4.40. The van der Waals surface area contributed by atoms with Gasteiger partial charge in [-0.2, -0.15) is 10.5 Å². The first-order valence-corrected chi connectivity index (χ1v) is 6.27. The lowest BCUT2D eigenvalue weighted by atomic mass is 10.1. The maximum absolute atomic E-state index is 8.79. The molecule has 0 radical (unpaired) electrons. The van der Waals surface area contributed by atoms with Crippen LogP contribution in [0.1, 0.15) is 11.1 Å². The van der Waals surface area contributed by atoms with Crippen molar-refractivity contribution in [3.63, 3.8) is 0 Å². The average molecular weight is 271 g/mol. The molecule has 3 aromatic rings. The highest BCUT2D eigenvalue weighted by atomic mass is 16.3. The molecule has 0 fully saturated rings. The normalized spacial score (nSPS) is 9.81. The fourth-order valence-electron chi connectivity index (χ4n) is 1.95. The number of pyridine rings is 1. The standard InChI is InChI=1S/C17H9N3O/c18-9-12-1-4-14(5-2-12)16-7-8-17(21-16)15-6-3-13(10-19)11-20-15/h1-8,11H. The first kappa shape index (κ1) is 12.7. The van der Waals surface area contributed by atoms with Crippen LogP contribution in [-0.2, 0) is 0 Å². The monoisotopic (exact) mass is 271 g/mol. The van der Waals surface area contributed by atoms with Crippen molar-refractivity contribution in [2.24, 2.45) is 0 Å². The molecule has 4 nitrogen and oxygen atoms in total. The van der Waals surface area contributed by atoms with Crippen LogP contribution in [0.25, 0.3) is 22.8 Å². The fourth-order valence-corrected chi connectivity index (χ4v) is 1.95. The lowest BCUT2D eigenvalue weighted by Crippen LogP contribution is -1.82. The third kappa shape index (κ3) is 2.51. The van der Waals surface area contributed by atoms with Crippen molar-refractivity contribution in [1.82, 2.24) is 4.98 Å². The van der Waals surface area contributed by atoms with Crippen LogP contribution in [0.4, 0.5) is 0 Å². The van der Waals surface area contributed by atoms with Crippen molar-refractivity contribution < 1.29 is 4.42 Å². The molecule has 0 aliphatic rings. The van der Waals surface area contributed by atoms with Crippen LogP contribution in [-0.4, -0.2) is 4.98 Å². The Morgan fingerprint density at radius 1 is 0.762 bits per heavy atom. The van der Waals surface area contributed by atoms with Crippen molar-refractivity contribution in [3.8, 4) is 34.9 Å². The molecule has 0 atom stereocenters. The van der Waals surface area contributed by atoms with Gasteiger partial charge in [-0.25, -0.2) is 0 Å². The van der Waals surface area contributed by atoms with Gasteiger partial charge in [0.2, 0.25) is 0 Å². The van der Waals surface area contributed by atoms with Crippen LogP contribution in [0, 0.1) is 22.7 Å². The Balaban J connectivity index is 1.92. The maximum atomic E-state index is 8.79. The van der Waals surface area contributed by atoms with Gasteiger partial charge in [0.15, 0.2) is 5.76 Å². The minimum atomic E-state index is 0.512.